The molecular formula is C23H23N3O3. The molecule has 0 saturated heterocycles. The fourth-order valence-corrected chi connectivity index (χ4v) is 2.91. The number of pyridine rings is 1. The summed E-state index contributed by atoms with van der Waals surface area (Å²) in [5.41, 5.74) is 4.91. The van der Waals surface area contributed by atoms with Gasteiger partial charge in [0.25, 0.3) is 5.91 Å². The van der Waals surface area contributed by atoms with Crippen molar-refractivity contribution >= 4 is 28.9 Å². The zero-order chi connectivity index (χ0) is 20.8. The number of amides is 1. The molecule has 1 heterocycles. The van der Waals surface area contributed by atoms with Gasteiger partial charge >= 0.3 is 5.97 Å². The van der Waals surface area contributed by atoms with Crippen LogP contribution in [0.25, 0.3) is 0 Å². The van der Waals surface area contributed by atoms with Crippen LogP contribution in [0.1, 0.15) is 38.9 Å². The number of nitrogens with one attached hydrogen (secondary N) is 2. The number of hydrogen-bond donors (Lipinski definition) is 2. The molecule has 6 heteroatoms. The van der Waals surface area contributed by atoms with Gasteiger partial charge in [-0.15, -0.1) is 0 Å². The van der Waals surface area contributed by atoms with Crippen molar-refractivity contribution in [2.24, 2.45) is 0 Å². The lowest BCUT2D eigenvalue weighted by atomic mass is 10.1. The van der Waals surface area contributed by atoms with Gasteiger partial charge in [-0.2, -0.15) is 0 Å². The number of carbonyl (C=O) groups excluding carboxylic acids is 2. The van der Waals surface area contributed by atoms with Crippen molar-refractivity contribution in [3.05, 3.63) is 83.2 Å². The van der Waals surface area contributed by atoms with Crippen molar-refractivity contribution in [3.63, 3.8) is 0 Å². The lowest BCUT2D eigenvalue weighted by Crippen LogP contribution is -2.17. The first-order valence-electron chi connectivity index (χ1n) is 9.35. The van der Waals surface area contributed by atoms with E-state index < -0.39 is 11.9 Å². The second-order valence-corrected chi connectivity index (χ2v) is 6.59. The summed E-state index contributed by atoms with van der Waals surface area (Å²) < 4.78 is 5.05. The molecule has 1 amide bonds. The number of esters is 1. The van der Waals surface area contributed by atoms with Gasteiger partial charge < -0.3 is 15.4 Å². The summed E-state index contributed by atoms with van der Waals surface area (Å²) in [7, 11) is 0. The van der Waals surface area contributed by atoms with Crippen LogP contribution < -0.4 is 10.6 Å². The summed E-state index contributed by atoms with van der Waals surface area (Å²) in [6.07, 6.45) is 1.57. The highest BCUT2D eigenvalue weighted by Crippen LogP contribution is 2.22. The topological polar surface area (TPSA) is 80.3 Å². The van der Waals surface area contributed by atoms with Crippen LogP contribution in [0.2, 0.25) is 0 Å². The number of benzene rings is 2. The maximum Gasteiger partial charge on any atom is 0.340 e. The van der Waals surface area contributed by atoms with E-state index in [1.54, 1.807) is 49.5 Å². The Hall–Kier alpha value is -3.67. The minimum Gasteiger partial charge on any atom is -0.462 e. The van der Waals surface area contributed by atoms with Crippen molar-refractivity contribution in [1.82, 2.24) is 4.98 Å². The number of nitrogens with zero attached hydrogens (tertiary/aromatic N) is 1. The third-order valence-electron chi connectivity index (χ3n) is 4.32. The maximum absolute atomic E-state index is 12.7. The normalized spacial score (nSPS) is 10.3. The third kappa shape index (κ3) is 4.99. The van der Waals surface area contributed by atoms with Crippen LogP contribution >= 0.6 is 0 Å². The molecule has 2 N–H and O–H groups in total. The second kappa shape index (κ2) is 9.01. The zero-order valence-corrected chi connectivity index (χ0v) is 16.7. The summed E-state index contributed by atoms with van der Waals surface area (Å²) in [6.45, 7) is 6.06. The predicted molar refractivity (Wildman–Crippen MR) is 114 cm³/mol. The Balaban J connectivity index is 1.79. The quantitative estimate of drug-likeness (QED) is 0.588. The van der Waals surface area contributed by atoms with Gasteiger partial charge in [-0.1, -0.05) is 29.8 Å². The highest BCUT2D eigenvalue weighted by molar-refractivity contribution is 6.07. The average molecular weight is 389 g/mol. The number of aromatic nitrogens is 1. The van der Waals surface area contributed by atoms with Crippen molar-refractivity contribution in [2.75, 3.05) is 17.2 Å². The second-order valence-electron chi connectivity index (χ2n) is 6.59. The minimum absolute atomic E-state index is 0.235. The number of rotatable bonds is 6. The van der Waals surface area contributed by atoms with Crippen LogP contribution in [0.4, 0.5) is 17.1 Å². The van der Waals surface area contributed by atoms with Crippen LogP contribution in [-0.2, 0) is 4.74 Å². The summed E-state index contributed by atoms with van der Waals surface area (Å²) >= 11 is 0. The number of ether oxygens (including phenoxy) is 1. The van der Waals surface area contributed by atoms with E-state index in [1.165, 1.54) is 5.56 Å². The molecule has 0 radical (unpaired) electrons. The Morgan fingerprint density at radius 3 is 2.55 bits per heavy atom. The number of anilines is 3. The van der Waals surface area contributed by atoms with E-state index in [0.29, 0.717) is 11.3 Å². The molecule has 29 heavy (non-hydrogen) atoms. The minimum atomic E-state index is -0.485. The average Bonchev–Trinajstić information content (AvgIpc) is 2.71. The Labute approximate surface area is 169 Å². The highest BCUT2D eigenvalue weighted by atomic mass is 16.5. The smallest absolute Gasteiger partial charge is 0.340 e. The number of carbonyl (C=O) groups is 2. The Morgan fingerprint density at radius 1 is 1.00 bits per heavy atom. The molecule has 0 aliphatic carbocycles. The molecular weight excluding hydrogens is 366 g/mol. The van der Waals surface area contributed by atoms with Crippen molar-refractivity contribution < 1.29 is 14.3 Å². The largest absolute Gasteiger partial charge is 0.462 e. The summed E-state index contributed by atoms with van der Waals surface area (Å²) in [4.78, 5) is 29.0. The van der Waals surface area contributed by atoms with Crippen LogP contribution in [-0.4, -0.2) is 23.5 Å². The van der Waals surface area contributed by atoms with E-state index >= 15 is 0 Å². The van der Waals surface area contributed by atoms with Gasteiger partial charge in [0.1, 0.15) is 5.69 Å². The number of aryl methyl sites for hydroxylation is 2. The molecule has 0 aliphatic heterocycles. The SMILES string of the molecule is CCOC(=O)c1ccccc1NC(=O)c1cc(Nc2ccc(C)cc2C)ccn1. The van der Waals surface area contributed by atoms with Crippen LogP contribution in [0.15, 0.2) is 60.8 Å². The van der Waals surface area contributed by atoms with Gasteiger partial charge in [-0.05, 0) is 56.7 Å². The fourth-order valence-electron chi connectivity index (χ4n) is 2.91. The Bertz CT molecular complexity index is 1050. The van der Waals surface area contributed by atoms with Gasteiger partial charge in [0, 0.05) is 17.6 Å². The van der Waals surface area contributed by atoms with Gasteiger partial charge in [-0.25, -0.2) is 4.79 Å². The predicted octanol–water partition coefficient (Wildman–Crippen LogP) is 4.87. The lowest BCUT2D eigenvalue weighted by Gasteiger charge is -2.12. The monoisotopic (exact) mass is 389 g/mol. The van der Waals surface area contributed by atoms with E-state index in [0.717, 1.165) is 16.9 Å². The molecule has 0 saturated carbocycles. The van der Waals surface area contributed by atoms with Crippen LogP contribution in [0.5, 0.6) is 0 Å². The first kappa shape index (κ1) is 20.1. The van der Waals surface area contributed by atoms with Gasteiger partial charge in [0.05, 0.1) is 17.9 Å². The molecule has 3 aromatic rings. The standard InChI is InChI=1S/C23H23N3O3/c1-4-29-23(28)18-7-5-6-8-20(18)26-22(27)21-14-17(11-12-24-21)25-19-10-9-15(2)13-16(19)3/h5-14H,4H2,1-3H3,(H,24,25)(H,26,27). The summed E-state index contributed by atoms with van der Waals surface area (Å²) in [5.74, 6) is -0.896. The third-order valence-corrected chi connectivity index (χ3v) is 4.32. The molecule has 1 aromatic heterocycles. The number of hydrogen-bond acceptors (Lipinski definition) is 5. The Morgan fingerprint density at radius 2 is 1.79 bits per heavy atom. The van der Waals surface area contributed by atoms with E-state index in [4.69, 9.17) is 4.74 Å². The molecule has 0 unspecified atom stereocenters. The summed E-state index contributed by atoms with van der Waals surface area (Å²) in [5, 5.41) is 6.06. The number of para-hydroxylation sites is 1. The lowest BCUT2D eigenvalue weighted by molar-refractivity contribution is 0.0527. The Kier molecular flexibility index (Phi) is 6.24. The molecule has 0 fully saturated rings. The fraction of sp³-hybridized carbons (Fsp3) is 0.174. The van der Waals surface area contributed by atoms with Gasteiger partial charge in [-0.3, -0.25) is 9.78 Å². The molecule has 0 spiro atoms. The van der Waals surface area contributed by atoms with E-state index in [1.807, 2.05) is 26.0 Å². The van der Waals surface area contributed by atoms with Crippen molar-refractivity contribution in [1.29, 1.82) is 0 Å². The first-order chi connectivity index (χ1) is 14.0. The zero-order valence-electron chi connectivity index (χ0n) is 16.7. The van der Waals surface area contributed by atoms with Gasteiger partial charge in [0.15, 0.2) is 0 Å². The molecule has 0 aliphatic rings. The maximum atomic E-state index is 12.7. The highest BCUT2D eigenvalue weighted by Gasteiger charge is 2.16. The van der Waals surface area contributed by atoms with E-state index in [2.05, 4.69) is 21.7 Å². The first-order valence-corrected chi connectivity index (χ1v) is 9.35. The molecule has 6 nitrogen and oxygen atoms in total. The van der Waals surface area contributed by atoms with Crippen LogP contribution in [0.3, 0.4) is 0 Å². The summed E-state index contributed by atoms with van der Waals surface area (Å²) in [6, 6.07) is 16.3. The van der Waals surface area contributed by atoms with Crippen molar-refractivity contribution in [2.45, 2.75) is 20.8 Å². The van der Waals surface area contributed by atoms with Gasteiger partial charge in [0.2, 0.25) is 0 Å². The van der Waals surface area contributed by atoms with E-state index in [-0.39, 0.29) is 12.3 Å². The van der Waals surface area contributed by atoms with Crippen LogP contribution in [0, 0.1) is 13.8 Å². The van der Waals surface area contributed by atoms with E-state index in [9.17, 15) is 9.59 Å². The molecule has 148 valence electrons. The molecule has 0 atom stereocenters. The molecule has 3 rings (SSSR count). The van der Waals surface area contributed by atoms with Crippen molar-refractivity contribution in [3.8, 4) is 0 Å². The molecule has 0 bridgehead atoms. The molecule has 2 aromatic carbocycles.